The molecule has 2 aliphatic rings. The Labute approximate surface area is 162 Å². The highest BCUT2D eigenvalue weighted by Crippen LogP contribution is 2.25. The molecule has 0 spiro atoms. The number of rotatable bonds is 6. The second kappa shape index (κ2) is 9.02. The zero-order valence-corrected chi connectivity index (χ0v) is 16.9. The minimum atomic E-state index is -3.47. The van der Waals surface area contributed by atoms with Crippen LogP contribution in [-0.4, -0.2) is 38.3 Å². The average Bonchev–Trinajstić information content (AvgIpc) is 2.69. The van der Waals surface area contributed by atoms with Crippen molar-refractivity contribution >= 4 is 15.9 Å². The predicted octanol–water partition coefficient (Wildman–Crippen LogP) is 3.40. The van der Waals surface area contributed by atoms with Crippen molar-refractivity contribution in [3.8, 4) is 0 Å². The highest BCUT2D eigenvalue weighted by atomic mass is 32.2. The summed E-state index contributed by atoms with van der Waals surface area (Å²) in [5.74, 6) is -0.0201. The van der Waals surface area contributed by atoms with E-state index in [2.05, 4.69) is 11.4 Å². The number of nitrogens with one attached hydrogen (secondary N) is 1. The van der Waals surface area contributed by atoms with Gasteiger partial charge in [0.15, 0.2) is 0 Å². The molecule has 1 fully saturated rings. The number of hydrogen-bond donors (Lipinski definition) is 1. The number of piperidine rings is 1. The largest absolute Gasteiger partial charge is 0.356 e. The summed E-state index contributed by atoms with van der Waals surface area (Å²) >= 11 is 0. The molecule has 1 aliphatic heterocycles. The Hall–Kier alpha value is -1.66. The lowest BCUT2D eigenvalue weighted by Crippen LogP contribution is -2.43. The number of nitrogens with zero attached hydrogens (tertiary/aromatic N) is 1. The summed E-state index contributed by atoms with van der Waals surface area (Å²) in [6.07, 6.45) is 9.27. The molecule has 1 amide bonds. The summed E-state index contributed by atoms with van der Waals surface area (Å²) in [6, 6.07) is 7.00. The molecule has 5 nitrogen and oxygen atoms in total. The molecule has 27 heavy (non-hydrogen) atoms. The first-order valence-electron chi connectivity index (χ1n) is 9.99. The highest BCUT2D eigenvalue weighted by Gasteiger charge is 2.32. The van der Waals surface area contributed by atoms with Crippen LogP contribution in [-0.2, 0) is 14.8 Å². The Bertz CT molecular complexity index is 793. The molecule has 0 unspecified atom stereocenters. The molecule has 1 aromatic rings. The van der Waals surface area contributed by atoms with Crippen molar-refractivity contribution in [3.63, 3.8) is 0 Å². The summed E-state index contributed by atoms with van der Waals surface area (Å²) in [4.78, 5) is 12.8. The Kier molecular flexibility index (Phi) is 6.71. The molecule has 6 heteroatoms. The van der Waals surface area contributed by atoms with Crippen LogP contribution < -0.4 is 5.32 Å². The molecule has 0 bridgehead atoms. The van der Waals surface area contributed by atoms with Crippen molar-refractivity contribution in [3.05, 3.63) is 41.5 Å². The summed E-state index contributed by atoms with van der Waals surface area (Å²) in [6.45, 7) is 3.38. The number of sulfonamides is 1. The molecule has 0 saturated carbocycles. The first-order valence-corrected chi connectivity index (χ1v) is 11.4. The third kappa shape index (κ3) is 5.20. The van der Waals surface area contributed by atoms with Crippen LogP contribution in [0.2, 0.25) is 0 Å². The van der Waals surface area contributed by atoms with Crippen molar-refractivity contribution in [1.29, 1.82) is 0 Å². The van der Waals surface area contributed by atoms with Gasteiger partial charge in [-0.3, -0.25) is 4.79 Å². The van der Waals surface area contributed by atoms with Crippen LogP contribution in [0.1, 0.15) is 50.5 Å². The number of aryl methyl sites for hydroxylation is 1. The van der Waals surface area contributed by atoms with Gasteiger partial charge in [0.1, 0.15) is 0 Å². The molecule has 1 aliphatic carbocycles. The summed E-state index contributed by atoms with van der Waals surface area (Å²) in [5, 5.41) is 3.04. The van der Waals surface area contributed by atoms with Crippen molar-refractivity contribution in [1.82, 2.24) is 9.62 Å². The summed E-state index contributed by atoms with van der Waals surface area (Å²) in [7, 11) is -3.47. The average molecular weight is 391 g/mol. The van der Waals surface area contributed by atoms with Gasteiger partial charge in [0, 0.05) is 25.6 Å². The molecule has 1 saturated heterocycles. The zero-order valence-electron chi connectivity index (χ0n) is 16.1. The van der Waals surface area contributed by atoms with Crippen molar-refractivity contribution < 1.29 is 13.2 Å². The number of hydrogen-bond acceptors (Lipinski definition) is 3. The lowest BCUT2D eigenvalue weighted by molar-refractivity contribution is -0.126. The van der Waals surface area contributed by atoms with E-state index in [1.54, 1.807) is 18.2 Å². The number of allylic oxidation sites excluding steroid dienone is 1. The number of carbonyl (C=O) groups excluding carboxylic acids is 1. The second-order valence-corrected chi connectivity index (χ2v) is 9.58. The smallest absolute Gasteiger partial charge is 0.243 e. The maximum atomic E-state index is 12.8. The SMILES string of the molecule is Cc1cccc(S(=O)(=O)N2CCC(C(=O)NCCC3=CCCCC3)CC2)c1. The Morgan fingerprint density at radius 1 is 1.22 bits per heavy atom. The van der Waals surface area contributed by atoms with E-state index in [9.17, 15) is 13.2 Å². The fourth-order valence-electron chi connectivity index (χ4n) is 3.91. The first kappa shape index (κ1) is 20.1. The minimum absolute atomic E-state index is 0.0685. The molecule has 3 rings (SSSR count). The monoisotopic (exact) mass is 390 g/mol. The van der Waals surface area contributed by atoms with E-state index in [0.29, 0.717) is 37.4 Å². The second-order valence-electron chi connectivity index (χ2n) is 7.64. The predicted molar refractivity (Wildman–Crippen MR) is 107 cm³/mol. The van der Waals surface area contributed by atoms with Crippen LogP contribution in [0.25, 0.3) is 0 Å². The van der Waals surface area contributed by atoms with Crippen LogP contribution in [0.4, 0.5) is 0 Å². The fraction of sp³-hybridized carbons (Fsp3) is 0.571. The summed E-state index contributed by atoms with van der Waals surface area (Å²) in [5.41, 5.74) is 2.39. The quantitative estimate of drug-likeness (QED) is 0.757. The molecular weight excluding hydrogens is 360 g/mol. The van der Waals surface area contributed by atoms with E-state index in [0.717, 1.165) is 24.8 Å². The van der Waals surface area contributed by atoms with Crippen LogP contribution in [0.15, 0.2) is 40.8 Å². The molecule has 148 valence electrons. The van der Waals surface area contributed by atoms with Crippen molar-refractivity contribution in [2.24, 2.45) is 5.92 Å². The van der Waals surface area contributed by atoms with Gasteiger partial charge in [0.25, 0.3) is 0 Å². The topological polar surface area (TPSA) is 66.5 Å². The Balaban J connectivity index is 1.48. The molecule has 0 aromatic heterocycles. The van der Waals surface area contributed by atoms with Gasteiger partial charge in [-0.15, -0.1) is 0 Å². The van der Waals surface area contributed by atoms with Gasteiger partial charge in [-0.2, -0.15) is 4.31 Å². The molecule has 0 atom stereocenters. The molecule has 1 N–H and O–H groups in total. The van der Waals surface area contributed by atoms with E-state index < -0.39 is 10.0 Å². The van der Waals surface area contributed by atoms with Gasteiger partial charge in [-0.25, -0.2) is 8.42 Å². The van der Waals surface area contributed by atoms with Gasteiger partial charge in [-0.1, -0.05) is 23.8 Å². The molecule has 1 aromatic carbocycles. The number of carbonyl (C=O) groups is 1. The standard InChI is InChI=1S/C21H30N2O3S/c1-17-6-5-9-20(16-17)27(25,26)23-14-11-19(12-15-23)21(24)22-13-10-18-7-3-2-4-8-18/h5-7,9,16,19H,2-4,8,10-15H2,1H3,(H,22,24). The van der Waals surface area contributed by atoms with E-state index in [4.69, 9.17) is 0 Å². The van der Waals surface area contributed by atoms with Crippen LogP contribution in [0.3, 0.4) is 0 Å². The van der Waals surface area contributed by atoms with Gasteiger partial charge >= 0.3 is 0 Å². The maximum Gasteiger partial charge on any atom is 0.243 e. The highest BCUT2D eigenvalue weighted by molar-refractivity contribution is 7.89. The van der Waals surface area contributed by atoms with Gasteiger partial charge in [-0.05, 0) is 69.6 Å². The minimum Gasteiger partial charge on any atom is -0.356 e. The lowest BCUT2D eigenvalue weighted by Gasteiger charge is -2.30. The number of benzene rings is 1. The summed E-state index contributed by atoms with van der Waals surface area (Å²) < 4.78 is 27.1. The molecule has 1 heterocycles. The molecular formula is C21H30N2O3S. The maximum absolute atomic E-state index is 12.8. The lowest BCUT2D eigenvalue weighted by atomic mass is 9.96. The van der Waals surface area contributed by atoms with E-state index in [-0.39, 0.29) is 11.8 Å². The van der Waals surface area contributed by atoms with Crippen LogP contribution in [0, 0.1) is 12.8 Å². The van der Waals surface area contributed by atoms with Gasteiger partial charge in [0.2, 0.25) is 15.9 Å². The van der Waals surface area contributed by atoms with Crippen molar-refractivity contribution in [2.75, 3.05) is 19.6 Å². The van der Waals surface area contributed by atoms with Gasteiger partial charge < -0.3 is 5.32 Å². The van der Waals surface area contributed by atoms with E-state index in [1.165, 1.54) is 22.7 Å². The Morgan fingerprint density at radius 2 is 2.00 bits per heavy atom. The van der Waals surface area contributed by atoms with E-state index in [1.807, 2.05) is 13.0 Å². The third-order valence-electron chi connectivity index (χ3n) is 5.58. The van der Waals surface area contributed by atoms with Crippen molar-refractivity contribution in [2.45, 2.75) is 56.8 Å². The van der Waals surface area contributed by atoms with Gasteiger partial charge in [0.05, 0.1) is 4.90 Å². The van der Waals surface area contributed by atoms with Crippen LogP contribution in [0.5, 0.6) is 0 Å². The molecule has 0 radical (unpaired) electrons. The number of amides is 1. The normalized spacial score (nSPS) is 19.5. The van der Waals surface area contributed by atoms with Crippen LogP contribution >= 0.6 is 0 Å². The Morgan fingerprint density at radius 3 is 2.67 bits per heavy atom. The van der Waals surface area contributed by atoms with E-state index >= 15 is 0 Å². The third-order valence-corrected chi connectivity index (χ3v) is 7.48. The fourth-order valence-corrected chi connectivity index (χ4v) is 5.48. The zero-order chi connectivity index (χ0) is 19.3. The first-order chi connectivity index (χ1) is 13.0.